The van der Waals surface area contributed by atoms with Crippen molar-refractivity contribution < 1.29 is 9.90 Å². The zero-order valence-corrected chi connectivity index (χ0v) is 14.5. The van der Waals surface area contributed by atoms with Gasteiger partial charge in [0.05, 0.1) is 12.2 Å². The van der Waals surface area contributed by atoms with E-state index < -0.39 is 6.10 Å². The molecular weight excluding hydrogens is 322 g/mol. The second-order valence-corrected chi connectivity index (χ2v) is 7.28. The van der Waals surface area contributed by atoms with Crippen LogP contribution >= 0.6 is 11.3 Å². The third-order valence-corrected chi connectivity index (χ3v) is 5.37. The minimum Gasteiger partial charge on any atom is -0.383 e. The number of hydrogen-bond acceptors (Lipinski definition) is 5. The van der Waals surface area contributed by atoms with E-state index in [1.807, 2.05) is 17.5 Å². The first-order valence-corrected chi connectivity index (χ1v) is 9.41. The molecule has 1 atom stereocenters. The molecule has 1 aliphatic carbocycles. The highest BCUT2D eigenvalue weighted by molar-refractivity contribution is 7.09. The molecular formula is C18H23N3O2S. The molecule has 0 saturated heterocycles. The first kappa shape index (κ1) is 17.0. The molecule has 0 aliphatic heterocycles. The molecule has 1 saturated carbocycles. The van der Waals surface area contributed by atoms with Crippen LogP contribution in [0.3, 0.4) is 0 Å². The number of carbonyl (C=O) groups is 1. The van der Waals surface area contributed by atoms with Gasteiger partial charge in [0.2, 0.25) is 5.91 Å². The third kappa shape index (κ3) is 4.61. The van der Waals surface area contributed by atoms with Gasteiger partial charge in [0.1, 0.15) is 11.1 Å². The van der Waals surface area contributed by atoms with Crippen LogP contribution in [0.15, 0.2) is 29.9 Å². The highest BCUT2D eigenvalue weighted by Gasteiger charge is 2.22. The zero-order chi connectivity index (χ0) is 16.8. The highest BCUT2D eigenvalue weighted by atomic mass is 32.1. The summed E-state index contributed by atoms with van der Waals surface area (Å²) in [7, 11) is 0. The summed E-state index contributed by atoms with van der Waals surface area (Å²) in [5.74, 6) is 0.193. The van der Waals surface area contributed by atoms with E-state index in [2.05, 4.69) is 15.3 Å². The van der Waals surface area contributed by atoms with E-state index in [9.17, 15) is 9.90 Å². The molecule has 1 unspecified atom stereocenters. The molecule has 0 bridgehead atoms. The van der Waals surface area contributed by atoms with Gasteiger partial charge in [0, 0.05) is 23.3 Å². The maximum absolute atomic E-state index is 12.1. The number of nitrogens with one attached hydrogen (secondary N) is 1. The number of aromatic nitrogens is 2. The summed E-state index contributed by atoms with van der Waals surface area (Å²) in [5, 5.41) is 15.7. The molecule has 0 radical (unpaired) electrons. The zero-order valence-electron chi connectivity index (χ0n) is 13.6. The molecule has 5 nitrogen and oxygen atoms in total. The number of nitrogens with zero attached hydrogens (tertiary/aromatic N) is 2. The lowest BCUT2D eigenvalue weighted by Gasteiger charge is -2.23. The van der Waals surface area contributed by atoms with Gasteiger partial charge in [-0.1, -0.05) is 32.1 Å². The average molecular weight is 345 g/mol. The molecule has 1 aliphatic rings. The minimum atomic E-state index is -0.910. The van der Waals surface area contributed by atoms with Crippen LogP contribution in [0, 0.1) is 5.92 Å². The van der Waals surface area contributed by atoms with Crippen LogP contribution in [0.4, 0.5) is 0 Å². The van der Waals surface area contributed by atoms with Crippen molar-refractivity contribution >= 4 is 17.2 Å². The Hall–Kier alpha value is -1.79. The number of carbonyl (C=O) groups excluding carboxylic acids is 1. The quantitative estimate of drug-likeness (QED) is 0.843. The van der Waals surface area contributed by atoms with Crippen molar-refractivity contribution in [3.8, 4) is 11.3 Å². The first-order valence-electron chi connectivity index (χ1n) is 8.53. The largest absolute Gasteiger partial charge is 0.383 e. The Balaban J connectivity index is 1.48. The lowest BCUT2D eigenvalue weighted by molar-refractivity contribution is -0.130. The molecule has 2 aromatic heterocycles. The number of pyridine rings is 1. The number of hydrogen-bond donors (Lipinski definition) is 2. The van der Waals surface area contributed by atoms with Gasteiger partial charge < -0.3 is 10.4 Å². The first-order chi connectivity index (χ1) is 11.7. The molecule has 1 fully saturated rings. The number of rotatable bonds is 6. The van der Waals surface area contributed by atoms with Crippen molar-refractivity contribution in [3.63, 3.8) is 0 Å². The Labute approximate surface area is 146 Å². The van der Waals surface area contributed by atoms with Gasteiger partial charge in [0.15, 0.2) is 0 Å². The molecule has 128 valence electrons. The molecule has 24 heavy (non-hydrogen) atoms. The summed E-state index contributed by atoms with van der Waals surface area (Å²) in [4.78, 5) is 20.6. The topological polar surface area (TPSA) is 75.1 Å². The summed E-state index contributed by atoms with van der Waals surface area (Å²) in [6.07, 6.45) is 9.11. The molecule has 0 spiro atoms. The SMILES string of the molecule is O=C(NCc1nc(-c2ccncc2)cs1)C(O)CC1CCCCC1. The molecule has 6 heteroatoms. The summed E-state index contributed by atoms with van der Waals surface area (Å²) >= 11 is 1.51. The van der Waals surface area contributed by atoms with Crippen molar-refractivity contribution in [3.05, 3.63) is 34.9 Å². The summed E-state index contributed by atoms with van der Waals surface area (Å²) in [6.45, 7) is 0.357. The van der Waals surface area contributed by atoms with Gasteiger partial charge >= 0.3 is 0 Å². The summed E-state index contributed by atoms with van der Waals surface area (Å²) in [5.41, 5.74) is 1.89. The summed E-state index contributed by atoms with van der Waals surface area (Å²) < 4.78 is 0. The Morgan fingerprint density at radius 2 is 2.04 bits per heavy atom. The van der Waals surface area contributed by atoms with Crippen molar-refractivity contribution in [2.45, 2.75) is 51.2 Å². The summed E-state index contributed by atoms with van der Waals surface area (Å²) in [6, 6.07) is 3.82. The van der Waals surface area contributed by atoms with Crippen molar-refractivity contribution in [2.75, 3.05) is 0 Å². The van der Waals surface area contributed by atoms with Gasteiger partial charge in [0.25, 0.3) is 0 Å². The number of amides is 1. The molecule has 2 heterocycles. The molecule has 2 aromatic rings. The van der Waals surface area contributed by atoms with Crippen LogP contribution in [-0.4, -0.2) is 27.1 Å². The maximum atomic E-state index is 12.1. The highest BCUT2D eigenvalue weighted by Crippen LogP contribution is 2.27. The lowest BCUT2D eigenvalue weighted by Crippen LogP contribution is -2.35. The Kier molecular flexibility index (Phi) is 5.93. The fourth-order valence-electron chi connectivity index (χ4n) is 3.17. The molecule has 0 aromatic carbocycles. The van der Waals surface area contributed by atoms with Crippen molar-refractivity contribution in [2.24, 2.45) is 5.92 Å². The Bertz CT molecular complexity index is 653. The number of aliphatic hydroxyl groups excluding tert-OH is 1. The standard InChI is InChI=1S/C18H23N3O2S/c22-16(10-13-4-2-1-3-5-13)18(23)20-11-17-21-15(12-24-17)14-6-8-19-9-7-14/h6-9,12-13,16,22H,1-5,10-11H2,(H,20,23). The van der Waals surface area contributed by atoms with Crippen LogP contribution < -0.4 is 5.32 Å². The van der Waals surface area contributed by atoms with Crippen molar-refractivity contribution in [1.29, 1.82) is 0 Å². The molecule has 1 amide bonds. The van der Waals surface area contributed by atoms with Crippen LogP contribution in [0.25, 0.3) is 11.3 Å². The van der Waals surface area contributed by atoms with E-state index in [1.165, 1.54) is 30.6 Å². The van der Waals surface area contributed by atoms with Gasteiger partial charge in [-0.05, 0) is 24.5 Å². The van der Waals surface area contributed by atoms with E-state index in [-0.39, 0.29) is 5.91 Å². The second-order valence-electron chi connectivity index (χ2n) is 6.34. The molecule has 3 rings (SSSR count). The van der Waals surface area contributed by atoms with Crippen LogP contribution in [0.1, 0.15) is 43.5 Å². The molecule has 2 N–H and O–H groups in total. The maximum Gasteiger partial charge on any atom is 0.249 e. The number of aliphatic hydroxyl groups is 1. The van der Waals surface area contributed by atoms with Crippen LogP contribution in [-0.2, 0) is 11.3 Å². The lowest BCUT2D eigenvalue weighted by atomic mass is 9.85. The predicted octanol–water partition coefficient (Wildman–Crippen LogP) is 3.15. The Morgan fingerprint density at radius 3 is 2.79 bits per heavy atom. The van der Waals surface area contributed by atoms with E-state index in [0.29, 0.717) is 18.9 Å². The van der Waals surface area contributed by atoms with Gasteiger partial charge in [-0.2, -0.15) is 0 Å². The average Bonchev–Trinajstić information content (AvgIpc) is 3.10. The second kappa shape index (κ2) is 8.35. The van der Waals surface area contributed by atoms with E-state index >= 15 is 0 Å². The van der Waals surface area contributed by atoms with Gasteiger partial charge in [-0.25, -0.2) is 4.98 Å². The van der Waals surface area contributed by atoms with Gasteiger partial charge in [-0.3, -0.25) is 9.78 Å². The fourth-order valence-corrected chi connectivity index (χ4v) is 3.92. The van der Waals surface area contributed by atoms with E-state index in [4.69, 9.17) is 0 Å². The minimum absolute atomic E-state index is 0.291. The van der Waals surface area contributed by atoms with Crippen LogP contribution in [0.5, 0.6) is 0 Å². The van der Waals surface area contributed by atoms with E-state index in [0.717, 1.165) is 29.1 Å². The number of thiazole rings is 1. The third-order valence-electron chi connectivity index (χ3n) is 4.53. The van der Waals surface area contributed by atoms with Crippen molar-refractivity contribution in [1.82, 2.24) is 15.3 Å². The Morgan fingerprint density at radius 1 is 1.29 bits per heavy atom. The van der Waals surface area contributed by atoms with E-state index in [1.54, 1.807) is 12.4 Å². The predicted molar refractivity (Wildman–Crippen MR) is 94.4 cm³/mol. The fraction of sp³-hybridized carbons (Fsp3) is 0.500. The normalized spacial score (nSPS) is 16.7. The van der Waals surface area contributed by atoms with Crippen LogP contribution in [0.2, 0.25) is 0 Å². The smallest absolute Gasteiger partial charge is 0.249 e. The monoisotopic (exact) mass is 345 g/mol. The van der Waals surface area contributed by atoms with Gasteiger partial charge in [-0.15, -0.1) is 11.3 Å².